The Labute approximate surface area is 621 Å². The van der Waals surface area contributed by atoms with E-state index in [0.717, 1.165) is 49.0 Å². The van der Waals surface area contributed by atoms with E-state index < -0.39 is 14.2 Å². The van der Waals surface area contributed by atoms with Gasteiger partial charge in [-0.25, -0.2) is 34.4 Å². The molecule has 24 heteroatoms. The summed E-state index contributed by atoms with van der Waals surface area (Å²) in [5, 5.41) is 26.4. The number of halogens is 2. The van der Waals surface area contributed by atoms with E-state index in [0.29, 0.717) is 23.3 Å². The monoisotopic (exact) mass is 1520 g/mol. The predicted octanol–water partition coefficient (Wildman–Crippen LogP) is 10.7. The second kappa shape index (κ2) is 41.9. The van der Waals surface area contributed by atoms with Gasteiger partial charge in [-0.05, 0) is 156 Å². The first-order valence-electron chi connectivity index (χ1n) is 25.7. The number of ether oxygens (including phenoxy) is 3. The number of benzene rings is 6. The standard InChI is InChI=1S/C28H23N3O2.C17H16N2O.C11H8INO.C6H5NO2.Cu.HI.3K.HO4P/c1-20-8-5-9-21(2)28(20)31-18-26(30-19-31)22-10-6-11-23(16-22)32-24-12-7-13-25(17-24)33-27-14-3-4-15-29-27;1-12-5-3-6-13(2)17(12)19-10-16(18-11-19)14-7-4-8-15(20)9-14;12-9-4-3-5-10(8-9)14-11-6-1-2-7-13-11;8-6(9)5-3-1-2-4-7-5;;;;;;1-4-5(2)3/h3-19H,1-2H3;3-11,20H,1-2H3;1-8H;1-4H,(H,8,9);;1H;;;;1H/q;;;;+1;;;;+1;/p-2. The van der Waals surface area contributed by atoms with Crippen molar-refractivity contribution in [3.05, 3.63) is 263 Å². The Morgan fingerprint density at radius 2 is 0.930 bits per heavy atom. The number of pyridine rings is 3. The number of aromatic hydroxyl groups is 1. The molecule has 0 radical (unpaired) electrons. The number of imidazole rings is 2. The number of phenolic OH excluding ortho intramolecular Hbond substituents is 1. The number of nitrogens with zero attached hydrogens (tertiary/aromatic N) is 7. The maximum atomic E-state index is 10.1. The molecule has 0 spiro atoms. The van der Waals surface area contributed by atoms with Crippen LogP contribution >= 0.6 is 51.2 Å². The first kappa shape index (κ1) is 75.2. The molecule has 1 atom stereocenters. The van der Waals surface area contributed by atoms with E-state index in [1.807, 2.05) is 145 Å². The summed E-state index contributed by atoms with van der Waals surface area (Å²) in [5.74, 6) is 3.31. The van der Waals surface area contributed by atoms with Gasteiger partial charge in [0.05, 0.1) is 35.4 Å². The second-order valence-electron chi connectivity index (χ2n) is 17.3. The fourth-order valence-corrected chi connectivity index (χ4v) is 8.33. The number of hydrogen-bond acceptors (Lipinski definition) is 14. The summed E-state index contributed by atoms with van der Waals surface area (Å²) in [4.78, 5) is 39.9. The van der Waals surface area contributed by atoms with E-state index in [4.69, 9.17) is 34.0 Å². The van der Waals surface area contributed by atoms with Crippen LogP contribution in [0.25, 0.3) is 33.9 Å². The molecular weight excluding hydrogens is 1470 g/mol. The maximum absolute atomic E-state index is 10.1. The molecule has 0 amide bonds. The molecule has 1 unspecified atom stereocenters. The van der Waals surface area contributed by atoms with Crippen LogP contribution in [0.2, 0.25) is 0 Å². The summed E-state index contributed by atoms with van der Waals surface area (Å²) in [6.07, 6.45) is 12.6. The van der Waals surface area contributed by atoms with E-state index >= 15 is 0 Å². The van der Waals surface area contributed by atoms with Crippen LogP contribution in [0.5, 0.6) is 40.5 Å². The van der Waals surface area contributed by atoms with Gasteiger partial charge in [0.2, 0.25) is 11.8 Å². The van der Waals surface area contributed by atoms with Crippen LogP contribution in [0.3, 0.4) is 0 Å². The van der Waals surface area contributed by atoms with E-state index in [1.165, 1.54) is 97.7 Å². The molecular formula is C62H52CuI2K3N7O10P. The number of carboxylic acids is 1. The number of para-hydroxylation sites is 2. The van der Waals surface area contributed by atoms with Crippen molar-refractivity contribution >= 4 is 120 Å². The molecule has 0 aliphatic heterocycles. The van der Waals surface area contributed by atoms with Gasteiger partial charge in [0.15, 0.2) is 0 Å². The van der Waals surface area contributed by atoms with Gasteiger partial charge in [0.1, 0.15) is 34.4 Å². The van der Waals surface area contributed by atoms with Crippen molar-refractivity contribution in [2.45, 2.75) is 27.7 Å². The van der Waals surface area contributed by atoms with Crippen molar-refractivity contribution in [3.63, 3.8) is 0 Å². The number of carboxylic acid groups (broad SMARTS) is 1. The van der Waals surface area contributed by atoms with Crippen LogP contribution in [0.1, 0.15) is 32.7 Å². The summed E-state index contributed by atoms with van der Waals surface area (Å²) < 4.78 is 34.0. The molecule has 5 aromatic heterocycles. The minimum absolute atomic E-state index is 0. The molecule has 2 N–H and O–H groups in total. The van der Waals surface area contributed by atoms with Crippen LogP contribution in [0, 0.1) is 31.3 Å². The number of phenols is 1. The van der Waals surface area contributed by atoms with Gasteiger partial charge < -0.3 is 43.7 Å². The normalized spacial score (nSPS) is 9.95. The Morgan fingerprint density at radius 1 is 0.535 bits per heavy atom. The molecule has 11 aromatic rings. The van der Waals surface area contributed by atoms with Gasteiger partial charge in [0.25, 0.3) is 0 Å². The average Bonchev–Trinajstić information content (AvgIpc) is 4.00. The Morgan fingerprint density at radius 3 is 1.34 bits per heavy atom. The summed E-state index contributed by atoms with van der Waals surface area (Å²) in [7, 11) is -3.15. The van der Waals surface area contributed by atoms with Gasteiger partial charge in [-0.2, -0.15) is 0 Å². The summed E-state index contributed by atoms with van der Waals surface area (Å²) >= 11 is 10.6. The van der Waals surface area contributed by atoms with Gasteiger partial charge in [-0.15, -0.1) is 0 Å². The predicted molar refractivity (Wildman–Crippen MR) is 338 cm³/mol. The van der Waals surface area contributed by atoms with Crippen molar-refractivity contribution in [3.8, 4) is 74.4 Å². The Bertz CT molecular complexity index is 3790. The zero-order chi connectivity index (χ0) is 61.5. The second-order valence-corrected chi connectivity index (χ2v) is 19.1. The van der Waals surface area contributed by atoms with Crippen molar-refractivity contribution in [1.82, 2.24) is 34.1 Å². The summed E-state index contributed by atoms with van der Waals surface area (Å²) in [6, 6.07) is 58.9. The van der Waals surface area contributed by atoms with E-state index in [9.17, 15) is 9.90 Å². The molecule has 0 aliphatic carbocycles. The molecule has 0 saturated carbocycles. The quantitative estimate of drug-likeness (QED) is 0.0381. The van der Waals surface area contributed by atoms with Gasteiger partial charge in [0, 0.05) is 63.9 Å². The summed E-state index contributed by atoms with van der Waals surface area (Å²) in [6.45, 7) is 8.41. The van der Waals surface area contributed by atoms with E-state index in [1.54, 1.807) is 57.0 Å². The molecule has 11 rings (SSSR count). The van der Waals surface area contributed by atoms with Crippen LogP contribution in [-0.2, 0) is 22.0 Å². The average molecular weight is 1520 g/mol. The first-order valence-corrected chi connectivity index (χ1v) is 47.0. The third-order valence-corrected chi connectivity index (χ3v) is 12.1. The van der Waals surface area contributed by atoms with Crippen LogP contribution in [0.4, 0.5) is 0 Å². The fourth-order valence-electron chi connectivity index (χ4n) is 7.81. The van der Waals surface area contributed by atoms with Crippen LogP contribution in [0.15, 0.2) is 232 Å². The molecule has 0 saturated heterocycles. The Hall–Kier alpha value is -3.27. The molecule has 17 nitrogen and oxygen atoms in total. The Balaban J connectivity index is 0.000000255. The number of aryl methyl sites for hydroxylation is 4. The topological polar surface area (TPSA) is 232 Å². The molecule has 86 heavy (non-hydrogen) atoms. The first-order chi connectivity index (χ1) is 41.2. The van der Waals surface area contributed by atoms with Crippen molar-refractivity contribution < 1.29 is 113 Å². The van der Waals surface area contributed by atoms with Crippen molar-refractivity contribution in [1.29, 1.82) is 0 Å². The van der Waals surface area contributed by atoms with Crippen LogP contribution in [-0.4, -0.2) is 113 Å². The van der Waals surface area contributed by atoms with E-state index in [-0.39, 0.29) is 62.8 Å². The number of aromatic nitrogens is 7. The number of carbonyl (C=O) groups is 1. The third-order valence-electron chi connectivity index (χ3n) is 11.3. The summed E-state index contributed by atoms with van der Waals surface area (Å²) in [5.41, 5.74) is 10.9. The van der Waals surface area contributed by atoms with Gasteiger partial charge >= 0.3 is 162 Å². The molecule has 6 aromatic carbocycles. The third kappa shape index (κ3) is 25.9. The van der Waals surface area contributed by atoms with E-state index in [2.05, 4.69) is 140 Å². The Kier molecular flexibility index (Phi) is 36.6. The van der Waals surface area contributed by atoms with Crippen molar-refractivity contribution in [2.75, 3.05) is 0 Å². The zero-order valence-electron chi connectivity index (χ0n) is 47.7. The number of hydrogen-bond donors (Lipinski definition) is 2. The van der Waals surface area contributed by atoms with Crippen LogP contribution < -0.4 is 75.7 Å². The van der Waals surface area contributed by atoms with Gasteiger partial charge in [-0.1, -0.05) is 91.0 Å². The van der Waals surface area contributed by atoms with Gasteiger partial charge in [-0.3, -0.25) is 0 Å². The molecule has 428 valence electrons. The minimum atomic E-state index is -3.15. The molecule has 0 fully saturated rings. The fraction of sp³-hybridized carbons (Fsp3) is 0.0645. The molecule has 0 bridgehead atoms. The number of rotatable bonds is 12. The zero-order valence-corrected chi connectivity index (χ0v) is 63.3. The molecule has 0 aliphatic rings. The molecule has 5 heterocycles. The van der Waals surface area contributed by atoms with Crippen molar-refractivity contribution in [2.24, 2.45) is 0 Å². The SMILES string of the molecule is Cc1cccc(C)c1-n1cnc(-c2cccc(O)c2)c1.Cc1cccc(C)c1-n1cnc(-c2cccc(Oc3cccc(Oc4ccccn4)c3)c2)c1.Ic1cccc(Oc2ccccn2)c1.O=C(O)c1ccccn1.O=[P+]([O-])O[O-].[Cu][I].[K+].[K][K]. The number of aromatic carboxylic acids is 1.